The molecule has 0 spiro atoms. The van der Waals surface area contributed by atoms with Crippen LogP contribution in [0.5, 0.6) is 0 Å². The van der Waals surface area contributed by atoms with Crippen molar-refractivity contribution in [3.05, 3.63) is 35.4 Å². The highest BCUT2D eigenvalue weighted by molar-refractivity contribution is 5.83. The van der Waals surface area contributed by atoms with E-state index in [2.05, 4.69) is 36.5 Å². The second kappa shape index (κ2) is 3.21. The molecule has 0 bridgehead atoms. The zero-order valence-electron chi connectivity index (χ0n) is 7.71. The van der Waals surface area contributed by atoms with E-state index in [0.717, 1.165) is 6.42 Å². The molecule has 1 N–H and O–H groups in total. The van der Waals surface area contributed by atoms with Gasteiger partial charge >= 0.3 is 0 Å². The average Bonchev–Trinajstić information content (AvgIpc) is 2.13. The summed E-state index contributed by atoms with van der Waals surface area (Å²) in [5, 5.41) is 2.86. The van der Waals surface area contributed by atoms with Crippen LogP contribution in [0.25, 0.3) is 0 Å². The van der Waals surface area contributed by atoms with E-state index in [1.165, 1.54) is 11.1 Å². The van der Waals surface area contributed by atoms with Gasteiger partial charge in [-0.1, -0.05) is 31.2 Å². The van der Waals surface area contributed by atoms with Crippen LogP contribution in [0.2, 0.25) is 0 Å². The molecular formula is C11H13NO. The third-order valence-electron chi connectivity index (χ3n) is 2.52. The van der Waals surface area contributed by atoms with E-state index < -0.39 is 0 Å². The molecule has 1 aromatic rings. The van der Waals surface area contributed by atoms with Crippen LogP contribution in [0.1, 0.15) is 30.5 Å². The normalized spacial score (nSPS) is 20.7. The molecule has 2 heteroatoms. The van der Waals surface area contributed by atoms with Crippen molar-refractivity contribution in [1.29, 1.82) is 0 Å². The summed E-state index contributed by atoms with van der Waals surface area (Å²) in [4.78, 5) is 10.7. The first-order chi connectivity index (χ1) is 6.29. The molecule has 2 rings (SSSR count). The van der Waals surface area contributed by atoms with Crippen molar-refractivity contribution < 1.29 is 4.79 Å². The maximum atomic E-state index is 10.7. The Bertz CT molecular complexity index is 307. The number of nitrogens with one attached hydrogen (secondary N) is 1. The molecule has 1 amide bonds. The summed E-state index contributed by atoms with van der Waals surface area (Å²) in [7, 11) is 0. The summed E-state index contributed by atoms with van der Waals surface area (Å²) in [5.74, 6) is 0.157. The number of hydrogen-bond acceptors (Lipinski definition) is 1. The number of carbonyl (C=O) groups is 1. The average molecular weight is 175 g/mol. The summed E-state index contributed by atoms with van der Waals surface area (Å²) in [6, 6.07) is 8.71. The van der Waals surface area contributed by atoms with E-state index in [-0.39, 0.29) is 11.9 Å². The summed E-state index contributed by atoms with van der Waals surface area (Å²) >= 11 is 0. The first kappa shape index (κ1) is 8.30. The van der Waals surface area contributed by atoms with Crippen molar-refractivity contribution in [3.8, 4) is 0 Å². The van der Waals surface area contributed by atoms with Crippen molar-refractivity contribution in [2.24, 2.45) is 0 Å². The maximum Gasteiger partial charge on any atom is 0.222 e. The zero-order chi connectivity index (χ0) is 9.26. The minimum absolute atomic E-state index is 0.157. The minimum atomic E-state index is 0.157. The van der Waals surface area contributed by atoms with Gasteiger partial charge in [0.05, 0.1) is 12.5 Å². The number of amides is 1. The highest BCUT2D eigenvalue weighted by Gasteiger charge is 2.26. The lowest BCUT2D eigenvalue weighted by Gasteiger charge is -2.27. The minimum Gasteiger partial charge on any atom is -0.349 e. The van der Waals surface area contributed by atoms with Crippen molar-refractivity contribution in [2.75, 3.05) is 0 Å². The molecule has 0 saturated carbocycles. The number of carbonyl (C=O) groups excluding carboxylic acids is 1. The van der Waals surface area contributed by atoms with Gasteiger partial charge in [0, 0.05) is 0 Å². The summed E-state index contributed by atoms with van der Waals surface area (Å²) in [5.41, 5.74) is 2.56. The first-order valence-corrected chi connectivity index (χ1v) is 4.68. The van der Waals surface area contributed by atoms with Crippen LogP contribution in [0, 0.1) is 0 Å². The SMILES string of the molecule is CCc1ccc(C2CC(=O)N2)cc1. The molecule has 1 aromatic carbocycles. The van der Waals surface area contributed by atoms with Crippen molar-refractivity contribution >= 4 is 5.91 Å². The topological polar surface area (TPSA) is 29.1 Å². The van der Waals surface area contributed by atoms with Crippen LogP contribution in [0.4, 0.5) is 0 Å². The predicted molar refractivity (Wildman–Crippen MR) is 51.3 cm³/mol. The Morgan fingerprint density at radius 3 is 2.46 bits per heavy atom. The molecular weight excluding hydrogens is 162 g/mol. The predicted octanol–water partition coefficient (Wildman–Crippen LogP) is 1.81. The molecule has 1 aliphatic rings. The standard InChI is InChI=1S/C11H13NO/c1-2-8-3-5-9(6-4-8)10-7-11(13)12-10/h3-6,10H,2,7H2,1H3,(H,12,13). The quantitative estimate of drug-likeness (QED) is 0.682. The molecule has 1 heterocycles. The van der Waals surface area contributed by atoms with Crippen LogP contribution in [-0.2, 0) is 11.2 Å². The number of rotatable bonds is 2. The van der Waals surface area contributed by atoms with E-state index in [4.69, 9.17) is 0 Å². The zero-order valence-corrected chi connectivity index (χ0v) is 7.71. The molecule has 68 valence electrons. The van der Waals surface area contributed by atoms with Crippen LogP contribution in [-0.4, -0.2) is 5.91 Å². The molecule has 13 heavy (non-hydrogen) atoms. The highest BCUT2D eigenvalue weighted by Crippen LogP contribution is 2.23. The van der Waals surface area contributed by atoms with Gasteiger partial charge in [-0.25, -0.2) is 0 Å². The molecule has 1 saturated heterocycles. The Hall–Kier alpha value is -1.31. The van der Waals surface area contributed by atoms with Gasteiger partial charge in [-0.3, -0.25) is 4.79 Å². The van der Waals surface area contributed by atoms with Crippen LogP contribution >= 0.6 is 0 Å². The van der Waals surface area contributed by atoms with Gasteiger partial charge in [0.1, 0.15) is 0 Å². The Balaban J connectivity index is 2.10. The van der Waals surface area contributed by atoms with E-state index in [0.29, 0.717) is 6.42 Å². The summed E-state index contributed by atoms with van der Waals surface area (Å²) in [6.45, 7) is 2.14. The van der Waals surface area contributed by atoms with E-state index in [1.54, 1.807) is 0 Å². The fraction of sp³-hybridized carbons (Fsp3) is 0.364. The van der Waals surface area contributed by atoms with Crippen LogP contribution in [0.15, 0.2) is 24.3 Å². The van der Waals surface area contributed by atoms with Gasteiger partial charge in [0.25, 0.3) is 0 Å². The third kappa shape index (κ3) is 1.57. The molecule has 1 atom stereocenters. The molecule has 0 radical (unpaired) electrons. The second-order valence-corrected chi connectivity index (χ2v) is 3.42. The Morgan fingerprint density at radius 1 is 1.38 bits per heavy atom. The molecule has 1 aliphatic heterocycles. The molecule has 1 unspecified atom stereocenters. The summed E-state index contributed by atoms with van der Waals surface area (Å²) in [6.07, 6.45) is 1.71. The fourth-order valence-corrected chi connectivity index (χ4v) is 1.55. The van der Waals surface area contributed by atoms with Crippen molar-refractivity contribution in [3.63, 3.8) is 0 Å². The van der Waals surface area contributed by atoms with Gasteiger partial charge < -0.3 is 5.32 Å². The number of hydrogen-bond donors (Lipinski definition) is 1. The van der Waals surface area contributed by atoms with E-state index in [9.17, 15) is 4.79 Å². The Kier molecular flexibility index (Phi) is 2.05. The Labute approximate surface area is 78.0 Å². The van der Waals surface area contributed by atoms with Crippen LogP contribution < -0.4 is 5.32 Å². The lowest BCUT2D eigenvalue weighted by Crippen LogP contribution is -2.41. The van der Waals surface area contributed by atoms with Crippen molar-refractivity contribution in [1.82, 2.24) is 5.32 Å². The van der Waals surface area contributed by atoms with Gasteiger partial charge in [-0.2, -0.15) is 0 Å². The van der Waals surface area contributed by atoms with Gasteiger partial charge in [0.2, 0.25) is 5.91 Å². The lowest BCUT2D eigenvalue weighted by molar-refractivity contribution is -0.128. The highest BCUT2D eigenvalue weighted by atomic mass is 16.2. The molecule has 2 nitrogen and oxygen atoms in total. The molecule has 1 fully saturated rings. The lowest BCUT2D eigenvalue weighted by atomic mass is 9.96. The number of β-lactam (4-membered cyclic amide) rings is 1. The van der Waals surface area contributed by atoms with Gasteiger partial charge in [-0.15, -0.1) is 0 Å². The number of aryl methyl sites for hydroxylation is 1. The monoisotopic (exact) mass is 175 g/mol. The van der Waals surface area contributed by atoms with Gasteiger partial charge in [0.15, 0.2) is 0 Å². The molecule has 0 aromatic heterocycles. The smallest absolute Gasteiger partial charge is 0.222 e. The third-order valence-corrected chi connectivity index (χ3v) is 2.52. The van der Waals surface area contributed by atoms with Crippen LogP contribution in [0.3, 0.4) is 0 Å². The second-order valence-electron chi connectivity index (χ2n) is 3.42. The van der Waals surface area contributed by atoms with E-state index >= 15 is 0 Å². The molecule has 0 aliphatic carbocycles. The largest absolute Gasteiger partial charge is 0.349 e. The van der Waals surface area contributed by atoms with Crippen molar-refractivity contribution in [2.45, 2.75) is 25.8 Å². The summed E-state index contributed by atoms with van der Waals surface area (Å²) < 4.78 is 0. The maximum absolute atomic E-state index is 10.7. The fourth-order valence-electron chi connectivity index (χ4n) is 1.55. The van der Waals surface area contributed by atoms with Gasteiger partial charge in [-0.05, 0) is 17.5 Å². The van der Waals surface area contributed by atoms with E-state index in [1.807, 2.05) is 0 Å². The first-order valence-electron chi connectivity index (χ1n) is 4.68. The number of benzene rings is 1. The Morgan fingerprint density at radius 2 is 2.00 bits per heavy atom.